The summed E-state index contributed by atoms with van der Waals surface area (Å²) in [6, 6.07) is 11.7. The van der Waals surface area contributed by atoms with Crippen molar-refractivity contribution >= 4 is 28.4 Å². The number of fused-ring (bicyclic) bond motifs is 2. The van der Waals surface area contributed by atoms with Crippen LogP contribution in [0.5, 0.6) is 0 Å². The van der Waals surface area contributed by atoms with Gasteiger partial charge < -0.3 is 20.6 Å². The zero-order valence-corrected chi connectivity index (χ0v) is 19.5. The van der Waals surface area contributed by atoms with E-state index in [1.54, 1.807) is 31.3 Å². The standard InChI is InChI=1S/C25H23FN8O2/c1-15(35)31-10-12-32(13-11-31)23-24-30-21(16-2-5-18(26)6-3-16)22(33(24)9-8-28-23)17-4-7-19-20(14-17)34(27)25(36)29-19/h2-9,14H,10-13,27H2,1H3,(H,29,36). The number of benzene rings is 2. The zero-order chi connectivity index (χ0) is 25.0. The summed E-state index contributed by atoms with van der Waals surface area (Å²) in [5.74, 6) is 6.38. The van der Waals surface area contributed by atoms with Crippen LogP contribution in [0, 0.1) is 5.82 Å². The molecule has 6 rings (SSSR count). The number of rotatable bonds is 3. The SMILES string of the molecule is CC(=O)N1CCN(c2nccn3c(-c4ccc5[nH]c(=O)n(N)c5c4)c(-c4ccc(F)cc4)nc23)CC1. The molecule has 1 saturated heterocycles. The molecule has 5 aromatic rings. The molecule has 36 heavy (non-hydrogen) atoms. The number of anilines is 1. The Hall–Kier alpha value is -4.67. The number of nitrogens with zero attached hydrogens (tertiary/aromatic N) is 6. The number of carbonyl (C=O) groups is 1. The number of carbonyl (C=O) groups excluding carboxylic acids is 1. The van der Waals surface area contributed by atoms with E-state index in [2.05, 4.69) is 14.9 Å². The second-order valence-corrected chi connectivity index (χ2v) is 8.79. The Balaban J connectivity index is 1.55. The van der Waals surface area contributed by atoms with E-state index in [4.69, 9.17) is 10.8 Å². The van der Waals surface area contributed by atoms with Crippen LogP contribution in [0.1, 0.15) is 6.92 Å². The van der Waals surface area contributed by atoms with E-state index in [0.717, 1.165) is 21.5 Å². The van der Waals surface area contributed by atoms with Gasteiger partial charge in [0.2, 0.25) is 5.91 Å². The van der Waals surface area contributed by atoms with Gasteiger partial charge >= 0.3 is 5.69 Å². The highest BCUT2D eigenvalue weighted by atomic mass is 19.1. The minimum Gasteiger partial charge on any atom is -0.350 e. The number of amides is 1. The lowest BCUT2D eigenvalue weighted by atomic mass is 10.0. The minimum absolute atomic E-state index is 0.0565. The summed E-state index contributed by atoms with van der Waals surface area (Å²) in [5, 5.41) is 0. The molecule has 2 aromatic carbocycles. The molecule has 0 aliphatic carbocycles. The number of hydrogen-bond acceptors (Lipinski definition) is 6. The molecule has 3 aromatic heterocycles. The molecule has 0 bridgehead atoms. The van der Waals surface area contributed by atoms with Gasteiger partial charge in [-0.15, -0.1) is 0 Å². The van der Waals surface area contributed by atoms with Crippen molar-refractivity contribution in [1.82, 2.24) is 28.9 Å². The number of nitrogen functional groups attached to an aromatic ring is 1. The maximum atomic E-state index is 13.7. The summed E-state index contributed by atoms with van der Waals surface area (Å²) in [4.78, 5) is 40.1. The van der Waals surface area contributed by atoms with Gasteiger partial charge in [0.25, 0.3) is 0 Å². The summed E-state index contributed by atoms with van der Waals surface area (Å²) < 4.78 is 16.7. The average Bonchev–Trinajstić information content (AvgIpc) is 3.41. The van der Waals surface area contributed by atoms with Gasteiger partial charge in [-0.05, 0) is 36.4 Å². The summed E-state index contributed by atoms with van der Waals surface area (Å²) in [5.41, 5.74) is 4.33. The van der Waals surface area contributed by atoms with Crippen LogP contribution in [0.15, 0.2) is 59.7 Å². The second-order valence-electron chi connectivity index (χ2n) is 8.79. The molecule has 4 heterocycles. The first-order valence-corrected chi connectivity index (χ1v) is 11.5. The molecule has 10 nitrogen and oxygen atoms in total. The number of hydrogen-bond donors (Lipinski definition) is 2. The minimum atomic E-state index is -0.407. The monoisotopic (exact) mass is 486 g/mol. The van der Waals surface area contributed by atoms with Crippen molar-refractivity contribution in [2.24, 2.45) is 0 Å². The van der Waals surface area contributed by atoms with Crippen LogP contribution < -0.4 is 16.4 Å². The average molecular weight is 487 g/mol. The maximum Gasteiger partial charge on any atom is 0.344 e. The highest BCUT2D eigenvalue weighted by Crippen LogP contribution is 2.36. The van der Waals surface area contributed by atoms with Crippen molar-refractivity contribution < 1.29 is 9.18 Å². The summed E-state index contributed by atoms with van der Waals surface area (Å²) in [7, 11) is 0. The van der Waals surface area contributed by atoms with Crippen molar-refractivity contribution in [2.45, 2.75) is 6.92 Å². The van der Waals surface area contributed by atoms with Crippen LogP contribution >= 0.6 is 0 Å². The summed E-state index contributed by atoms with van der Waals surface area (Å²) >= 11 is 0. The molecule has 1 aliphatic heterocycles. The number of aromatic nitrogens is 5. The first-order chi connectivity index (χ1) is 17.4. The van der Waals surface area contributed by atoms with Crippen LogP contribution in [0.3, 0.4) is 0 Å². The largest absolute Gasteiger partial charge is 0.350 e. The third kappa shape index (κ3) is 3.47. The topological polar surface area (TPSA) is 118 Å². The van der Waals surface area contributed by atoms with Crippen LogP contribution in [-0.2, 0) is 4.79 Å². The van der Waals surface area contributed by atoms with Crippen molar-refractivity contribution in [3.05, 3.63) is 71.2 Å². The first kappa shape index (κ1) is 21.8. The molecule has 0 saturated carbocycles. The summed E-state index contributed by atoms with van der Waals surface area (Å²) in [6.45, 7) is 4.06. The van der Waals surface area contributed by atoms with Crippen LogP contribution in [-0.4, -0.2) is 61.0 Å². The van der Waals surface area contributed by atoms with Gasteiger partial charge in [-0.3, -0.25) is 9.20 Å². The molecule has 0 atom stereocenters. The van der Waals surface area contributed by atoms with Gasteiger partial charge in [0.1, 0.15) is 5.82 Å². The number of H-pyrrole nitrogens is 1. The fourth-order valence-electron chi connectivity index (χ4n) is 4.77. The van der Waals surface area contributed by atoms with Gasteiger partial charge in [0.05, 0.1) is 22.4 Å². The van der Waals surface area contributed by atoms with E-state index in [-0.39, 0.29) is 11.7 Å². The Morgan fingerprint density at radius 3 is 2.50 bits per heavy atom. The van der Waals surface area contributed by atoms with Gasteiger partial charge in [-0.2, -0.15) is 0 Å². The predicted octanol–water partition coefficient (Wildman–Crippen LogP) is 2.23. The van der Waals surface area contributed by atoms with Crippen molar-refractivity contribution in [3.63, 3.8) is 0 Å². The molecular formula is C25H23FN8O2. The highest BCUT2D eigenvalue weighted by Gasteiger charge is 2.25. The van der Waals surface area contributed by atoms with E-state index < -0.39 is 5.69 Å². The molecule has 182 valence electrons. The van der Waals surface area contributed by atoms with Crippen molar-refractivity contribution in [1.29, 1.82) is 0 Å². The zero-order valence-electron chi connectivity index (χ0n) is 19.5. The van der Waals surface area contributed by atoms with E-state index in [1.165, 1.54) is 12.1 Å². The van der Waals surface area contributed by atoms with E-state index in [9.17, 15) is 14.0 Å². The second kappa shape index (κ2) is 8.22. The fraction of sp³-hybridized carbons (Fsp3) is 0.200. The molecule has 3 N–H and O–H groups in total. The molecular weight excluding hydrogens is 463 g/mol. The molecule has 1 amide bonds. The van der Waals surface area contributed by atoms with Crippen molar-refractivity contribution in [3.8, 4) is 22.5 Å². The lowest BCUT2D eigenvalue weighted by molar-refractivity contribution is -0.129. The molecule has 1 aliphatic rings. The highest BCUT2D eigenvalue weighted by molar-refractivity contribution is 5.89. The molecule has 0 spiro atoms. The fourth-order valence-corrected chi connectivity index (χ4v) is 4.77. The number of imidazole rings is 2. The van der Waals surface area contributed by atoms with E-state index in [1.807, 2.05) is 27.6 Å². The number of nitrogens with two attached hydrogens (primary N) is 1. The Morgan fingerprint density at radius 1 is 1.06 bits per heavy atom. The number of piperazine rings is 1. The molecule has 0 unspecified atom stereocenters. The number of halogens is 1. The normalized spacial score (nSPS) is 14.2. The van der Waals surface area contributed by atoms with Crippen LogP contribution in [0.25, 0.3) is 39.2 Å². The number of aromatic amines is 1. The van der Waals surface area contributed by atoms with Gasteiger partial charge in [-0.1, -0.05) is 6.07 Å². The Bertz CT molecular complexity index is 1680. The maximum absolute atomic E-state index is 13.7. The Labute approximate surface area is 204 Å². The van der Waals surface area contributed by atoms with Crippen molar-refractivity contribution in [2.75, 3.05) is 36.9 Å². The molecule has 11 heteroatoms. The van der Waals surface area contributed by atoms with Gasteiger partial charge in [0, 0.05) is 56.6 Å². The van der Waals surface area contributed by atoms with E-state index >= 15 is 0 Å². The van der Waals surface area contributed by atoms with E-state index in [0.29, 0.717) is 54.4 Å². The summed E-state index contributed by atoms with van der Waals surface area (Å²) in [6.07, 6.45) is 3.55. The lowest BCUT2D eigenvalue weighted by Crippen LogP contribution is -2.48. The quantitative estimate of drug-likeness (QED) is 0.378. The lowest BCUT2D eigenvalue weighted by Gasteiger charge is -2.34. The first-order valence-electron chi connectivity index (χ1n) is 11.5. The van der Waals surface area contributed by atoms with Crippen LogP contribution in [0.2, 0.25) is 0 Å². The smallest absolute Gasteiger partial charge is 0.344 e. The number of nitrogens with one attached hydrogen (secondary N) is 1. The van der Waals surface area contributed by atoms with Gasteiger partial charge in [0.15, 0.2) is 11.5 Å². The Kier molecular flexibility index (Phi) is 4.99. The molecule has 1 fully saturated rings. The third-order valence-corrected chi connectivity index (χ3v) is 6.66. The van der Waals surface area contributed by atoms with Gasteiger partial charge in [-0.25, -0.2) is 23.8 Å². The molecule has 0 radical (unpaired) electrons. The van der Waals surface area contributed by atoms with Crippen LogP contribution in [0.4, 0.5) is 10.2 Å². The third-order valence-electron chi connectivity index (χ3n) is 6.66. The predicted molar refractivity (Wildman–Crippen MR) is 135 cm³/mol. The Morgan fingerprint density at radius 2 is 1.78 bits per heavy atom.